The summed E-state index contributed by atoms with van der Waals surface area (Å²) in [5.41, 5.74) is 1.16. The third kappa shape index (κ3) is 2.65. The van der Waals surface area contributed by atoms with Crippen molar-refractivity contribution in [3.8, 4) is 0 Å². The number of rotatable bonds is 2. The number of nitrogens with zero attached hydrogens (tertiary/aromatic N) is 1. The van der Waals surface area contributed by atoms with Crippen molar-refractivity contribution >= 4 is 28.6 Å². The van der Waals surface area contributed by atoms with Gasteiger partial charge in [0.2, 0.25) is 0 Å². The molecule has 1 aliphatic heterocycles. The van der Waals surface area contributed by atoms with Gasteiger partial charge in [0.25, 0.3) is 5.91 Å². The molecule has 1 amide bonds. The number of halogens is 2. The summed E-state index contributed by atoms with van der Waals surface area (Å²) in [5.74, 6) is -1.82. The second kappa shape index (κ2) is 6.11. The standard InChI is InChI=1S/C18H13F2NOS2/c19-12-8-11(9-13(20)10-12)18(22)21-5-3-15-14(4-7-24-15)17(21)16-2-1-6-23-16/h1-2,4,6-10,17H,3,5H2. The third-order valence-electron chi connectivity index (χ3n) is 4.15. The number of amides is 1. The van der Waals surface area contributed by atoms with Gasteiger partial charge in [-0.05, 0) is 47.0 Å². The molecule has 2 nitrogen and oxygen atoms in total. The predicted molar refractivity (Wildman–Crippen MR) is 91.6 cm³/mol. The number of fused-ring (bicyclic) bond motifs is 1. The molecule has 0 radical (unpaired) electrons. The van der Waals surface area contributed by atoms with Gasteiger partial charge < -0.3 is 4.90 Å². The van der Waals surface area contributed by atoms with Crippen molar-refractivity contribution in [2.75, 3.05) is 6.54 Å². The largest absolute Gasteiger partial charge is 0.326 e. The van der Waals surface area contributed by atoms with Crippen LogP contribution < -0.4 is 0 Å². The Morgan fingerprint density at radius 2 is 1.88 bits per heavy atom. The maximum atomic E-state index is 13.5. The van der Waals surface area contributed by atoms with Crippen molar-refractivity contribution in [2.45, 2.75) is 12.5 Å². The number of thiophene rings is 2. The maximum Gasteiger partial charge on any atom is 0.254 e. The molecule has 1 unspecified atom stereocenters. The zero-order valence-electron chi connectivity index (χ0n) is 12.5. The molecule has 122 valence electrons. The van der Waals surface area contributed by atoms with E-state index >= 15 is 0 Å². The normalized spacial score (nSPS) is 16.9. The monoisotopic (exact) mass is 361 g/mol. The van der Waals surface area contributed by atoms with Gasteiger partial charge in [-0.25, -0.2) is 8.78 Å². The number of hydrogen-bond donors (Lipinski definition) is 0. The van der Waals surface area contributed by atoms with Gasteiger partial charge in [0.15, 0.2) is 0 Å². The number of carbonyl (C=O) groups excluding carboxylic acids is 1. The molecular formula is C18H13F2NOS2. The van der Waals surface area contributed by atoms with Crippen molar-refractivity contribution in [2.24, 2.45) is 0 Å². The van der Waals surface area contributed by atoms with Crippen LogP contribution in [-0.4, -0.2) is 17.4 Å². The van der Waals surface area contributed by atoms with Gasteiger partial charge in [0.05, 0.1) is 6.04 Å². The minimum Gasteiger partial charge on any atom is -0.326 e. The molecule has 0 saturated carbocycles. The van der Waals surface area contributed by atoms with Gasteiger partial charge in [-0.15, -0.1) is 22.7 Å². The van der Waals surface area contributed by atoms with E-state index < -0.39 is 11.6 Å². The van der Waals surface area contributed by atoms with Crippen LogP contribution in [0.15, 0.2) is 47.2 Å². The molecule has 0 fully saturated rings. The Morgan fingerprint density at radius 3 is 2.58 bits per heavy atom. The van der Waals surface area contributed by atoms with Gasteiger partial charge in [0.1, 0.15) is 11.6 Å². The van der Waals surface area contributed by atoms with Gasteiger partial charge in [-0.2, -0.15) is 0 Å². The van der Waals surface area contributed by atoms with Gasteiger partial charge in [-0.1, -0.05) is 6.07 Å². The van der Waals surface area contributed by atoms with Gasteiger partial charge in [0, 0.05) is 27.9 Å². The van der Waals surface area contributed by atoms with E-state index in [4.69, 9.17) is 0 Å². The first kappa shape index (κ1) is 15.5. The highest BCUT2D eigenvalue weighted by atomic mass is 32.1. The Morgan fingerprint density at radius 1 is 1.08 bits per heavy atom. The summed E-state index contributed by atoms with van der Waals surface area (Å²) in [7, 11) is 0. The molecule has 0 N–H and O–H groups in total. The van der Waals surface area contributed by atoms with Crippen LogP contribution in [0.25, 0.3) is 0 Å². The average molecular weight is 361 g/mol. The molecule has 6 heteroatoms. The fourth-order valence-corrected chi connectivity index (χ4v) is 4.89. The van der Waals surface area contributed by atoms with Crippen molar-refractivity contribution in [3.05, 3.63) is 79.7 Å². The molecule has 0 bridgehead atoms. The molecule has 2 aromatic heterocycles. The summed E-state index contributed by atoms with van der Waals surface area (Å²) in [6.07, 6.45) is 0.762. The van der Waals surface area contributed by atoms with Crippen molar-refractivity contribution in [1.29, 1.82) is 0 Å². The lowest BCUT2D eigenvalue weighted by atomic mass is 9.97. The van der Waals surface area contributed by atoms with Crippen LogP contribution in [0.4, 0.5) is 8.78 Å². The number of hydrogen-bond acceptors (Lipinski definition) is 3. The number of benzene rings is 1. The van der Waals surface area contributed by atoms with Crippen LogP contribution in [0.3, 0.4) is 0 Å². The lowest BCUT2D eigenvalue weighted by Gasteiger charge is -2.35. The summed E-state index contributed by atoms with van der Waals surface area (Å²) in [4.78, 5) is 17.0. The third-order valence-corrected chi connectivity index (χ3v) is 6.07. The van der Waals surface area contributed by atoms with E-state index in [-0.39, 0.29) is 17.5 Å². The molecule has 24 heavy (non-hydrogen) atoms. The summed E-state index contributed by atoms with van der Waals surface area (Å²) in [6, 6.07) is 8.76. The van der Waals surface area contributed by atoms with E-state index in [0.717, 1.165) is 35.1 Å². The zero-order valence-corrected chi connectivity index (χ0v) is 14.2. The van der Waals surface area contributed by atoms with E-state index in [9.17, 15) is 13.6 Å². The topological polar surface area (TPSA) is 20.3 Å². The van der Waals surface area contributed by atoms with Crippen molar-refractivity contribution < 1.29 is 13.6 Å². The minimum absolute atomic E-state index is 0.0488. The molecule has 3 heterocycles. The summed E-state index contributed by atoms with van der Waals surface area (Å²) < 4.78 is 27.0. The van der Waals surface area contributed by atoms with Crippen LogP contribution in [0, 0.1) is 11.6 Å². The fraction of sp³-hybridized carbons (Fsp3) is 0.167. The first-order valence-electron chi connectivity index (χ1n) is 7.50. The molecule has 4 rings (SSSR count). The average Bonchev–Trinajstić information content (AvgIpc) is 3.23. The lowest BCUT2D eigenvalue weighted by Crippen LogP contribution is -2.39. The highest BCUT2D eigenvalue weighted by Crippen LogP contribution is 2.40. The predicted octanol–water partition coefficient (Wildman–Crippen LogP) is 4.88. The number of carbonyl (C=O) groups is 1. The summed E-state index contributed by atoms with van der Waals surface area (Å²) in [6.45, 7) is 0.535. The maximum absolute atomic E-state index is 13.5. The van der Waals surface area contributed by atoms with Crippen molar-refractivity contribution in [1.82, 2.24) is 4.90 Å². The molecule has 0 saturated heterocycles. The van der Waals surface area contributed by atoms with Crippen LogP contribution in [0.1, 0.15) is 31.7 Å². The van der Waals surface area contributed by atoms with Gasteiger partial charge in [-0.3, -0.25) is 4.79 Å². The first-order valence-corrected chi connectivity index (χ1v) is 9.26. The summed E-state index contributed by atoms with van der Waals surface area (Å²) >= 11 is 3.27. The Labute approximate surface area is 146 Å². The van der Waals surface area contributed by atoms with E-state index in [1.807, 2.05) is 29.0 Å². The van der Waals surface area contributed by atoms with Crippen molar-refractivity contribution in [3.63, 3.8) is 0 Å². The van der Waals surface area contributed by atoms with Crippen LogP contribution in [0.5, 0.6) is 0 Å². The molecule has 1 aromatic carbocycles. The van der Waals surface area contributed by atoms with E-state index in [2.05, 4.69) is 0 Å². The summed E-state index contributed by atoms with van der Waals surface area (Å²) in [5, 5.41) is 4.00. The van der Waals surface area contributed by atoms with E-state index in [1.54, 1.807) is 27.6 Å². The quantitative estimate of drug-likeness (QED) is 0.637. The Balaban J connectivity index is 1.77. The highest BCUT2D eigenvalue weighted by molar-refractivity contribution is 7.10. The SMILES string of the molecule is O=C(c1cc(F)cc(F)c1)N1CCc2sccc2C1c1cccs1. The Bertz CT molecular complexity index is 868. The smallest absolute Gasteiger partial charge is 0.254 e. The zero-order chi connectivity index (χ0) is 16.7. The molecule has 0 spiro atoms. The van der Waals surface area contributed by atoms with Crippen LogP contribution >= 0.6 is 22.7 Å². The van der Waals surface area contributed by atoms with Crippen LogP contribution in [0.2, 0.25) is 0 Å². The molecular weight excluding hydrogens is 348 g/mol. The van der Waals surface area contributed by atoms with Crippen LogP contribution in [-0.2, 0) is 6.42 Å². The van der Waals surface area contributed by atoms with Gasteiger partial charge >= 0.3 is 0 Å². The second-order valence-corrected chi connectivity index (χ2v) is 7.60. The molecule has 0 aliphatic carbocycles. The van der Waals surface area contributed by atoms with E-state index in [1.165, 1.54) is 4.88 Å². The first-order chi connectivity index (χ1) is 11.6. The molecule has 3 aromatic rings. The highest BCUT2D eigenvalue weighted by Gasteiger charge is 2.34. The second-order valence-electron chi connectivity index (χ2n) is 5.62. The van der Waals surface area contributed by atoms with E-state index in [0.29, 0.717) is 6.54 Å². The fourth-order valence-electron chi connectivity index (χ4n) is 3.13. The lowest BCUT2D eigenvalue weighted by molar-refractivity contribution is 0.0697. The Hall–Kier alpha value is -2.05. The minimum atomic E-state index is -0.737. The Kier molecular flexibility index (Phi) is 3.94. The molecule has 1 aliphatic rings. The molecule has 1 atom stereocenters.